The van der Waals surface area contributed by atoms with E-state index in [9.17, 15) is 14.4 Å². The zero-order chi connectivity index (χ0) is 29.3. The highest BCUT2D eigenvalue weighted by atomic mass is 16.5. The summed E-state index contributed by atoms with van der Waals surface area (Å²) in [4.78, 5) is 41.8. The largest absolute Gasteiger partial charge is 0.496 e. The van der Waals surface area contributed by atoms with Crippen LogP contribution in [0, 0.1) is 6.92 Å². The molecule has 0 saturated carbocycles. The van der Waals surface area contributed by atoms with Gasteiger partial charge in [-0.15, -0.1) is 0 Å². The highest BCUT2D eigenvalue weighted by molar-refractivity contribution is 6.32. The Hall–Kier alpha value is -4.86. The summed E-state index contributed by atoms with van der Waals surface area (Å²) in [5.74, 6) is 0.675. The summed E-state index contributed by atoms with van der Waals surface area (Å²) in [7, 11) is 8.94. The maximum Gasteiger partial charge on any atom is 0.278 e. The third kappa shape index (κ3) is 3.36. The number of nitrogens with zero attached hydrogens (tertiary/aromatic N) is 2. The van der Waals surface area contributed by atoms with E-state index in [1.807, 2.05) is 6.07 Å². The molecule has 0 fully saturated rings. The molecule has 0 saturated heterocycles. The number of hydrogen-bond donors (Lipinski definition) is 0. The first-order valence-corrected chi connectivity index (χ1v) is 13.0. The molecule has 0 bridgehead atoms. The molecule has 10 nitrogen and oxygen atoms in total. The summed E-state index contributed by atoms with van der Waals surface area (Å²) in [6.45, 7) is 1.77. The molecule has 0 N–H and O–H groups in total. The molecule has 1 aromatic heterocycles. The van der Waals surface area contributed by atoms with E-state index in [-0.39, 0.29) is 45.1 Å². The van der Waals surface area contributed by atoms with Gasteiger partial charge in [0, 0.05) is 40.3 Å². The monoisotopic (exact) mass is 556 g/mol. The second-order valence-corrected chi connectivity index (χ2v) is 9.97. The lowest BCUT2D eigenvalue weighted by Crippen LogP contribution is -2.26. The third-order valence-corrected chi connectivity index (χ3v) is 8.12. The van der Waals surface area contributed by atoms with Gasteiger partial charge in [0.05, 0.1) is 63.8 Å². The van der Waals surface area contributed by atoms with Crippen LogP contribution < -0.4 is 29.2 Å². The van der Waals surface area contributed by atoms with Crippen LogP contribution in [0.25, 0.3) is 21.9 Å². The zero-order valence-corrected chi connectivity index (χ0v) is 23.8. The molecule has 0 radical (unpaired) electrons. The van der Waals surface area contributed by atoms with E-state index in [2.05, 4.69) is 5.10 Å². The molecular formula is C31H28N2O8. The van der Waals surface area contributed by atoms with Crippen molar-refractivity contribution in [3.05, 3.63) is 67.6 Å². The third-order valence-electron chi connectivity index (χ3n) is 8.12. The number of aryl methyl sites for hydroxylation is 2. The van der Waals surface area contributed by atoms with Gasteiger partial charge in [-0.25, -0.2) is 4.68 Å². The van der Waals surface area contributed by atoms with Gasteiger partial charge in [0.25, 0.3) is 5.56 Å². The average Bonchev–Trinajstić information content (AvgIpc) is 2.98. The van der Waals surface area contributed by atoms with Crippen molar-refractivity contribution in [1.29, 1.82) is 0 Å². The van der Waals surface area contributed by atoms with E-state index >= 15 is 0 Å². The zero-order valence-electron chi connectivity index (χ0n) is 23.8. The van der Waals surface area contributed by atoms with Crippen molar-refractivity contribution >= 4 is 22.3 Å². The topological polar surface area (TPSA) is 115 Å². The first kappa shape index (κ1) is 26.4. The molecule has 0 amide bonds. The minimum Gasteiger partial charge on any atom is -0.496 e. The van der Waals surface area contributed by atoms with Crippen molar-refractivity contribution in [2.45, 2.75) is 19.8 Å². The maximum absolute atomic E-state index is 14.3. The summed E-state index contributed by atoms with van der Waals surface area (Å²) >= 11 is 0. The number of aromatic nitrogens is 2. The standard InChI is InChI=1S/C31H28N2O8/c1-13-18(37-3)11-17-22(27(13)38-4)26(35)24-23(25(17)34)30(41-7)21-16(28(24)39-5)9-8-14-10-15-12-32-33(2)31(36)20(15)29(40-6)19(14)21/h10-12H,8-9H2,1-7H3. The summed E-state index contributed by atoms with van der Waals surface area (Å²) < 4.78 is 30.1. The van der Waals surface area contributed by atoms with Crippen molar-refractivity contribution in [3.8, 4) is 39.9 Å². The Morgan fingerprint density at radius 2 is 1.37 bits per heavy atom. The predicted octanol–water partition coefficient (Wildman–Crippen LogP) is 3.83. The van der Waals surface area contributed by atoms with Gasteiger partial charge in [-0.1, -0.05) is 0 Å². The molecule has 210 valence electrons. The maximum atomic E-state index is 14.3. The Bertz CT molecular complexity index is 1900. The molecule has 1 heterocycles. The van der Waals surface area contributed by atoms with Gasteiger partial charge in [0.1, 0.15) is 28.7 Å². The van der Waals surface area contributed by atoms with Crippen molar-refractivity contribution in [2.24, 2.45) is 7.05 Å². The van der Waals surface area contributed by atoms with Gasteiger partial charge in [-0.3, -0.25) is 14.4 Å². The highest BCUT2D eigenvalue weighted by Gasteiger charge is 2.43. The van der Waals surface area contributed by atoms with E-state index in [0.29, 0.717) is 57.4 Å². The quantitative estimate of drug-likeness (QED) is 0.319. The van der Waals surface area contributed by atoms with Gasteiger partial charge >= 0.3 is 0 Å². The van der Waals surface area contributed by atoms with Crippen LogP contribution in [-0.2, 0) is 19.9 Å². The summed E-state index contributed by atoms with van der Waals surface area (Å²) in [5.41, 5.74) is 3.52. The molecule has 4 aromatic rings. The van der Waals surface area contributed by atoms with Crippen LogP contribution in [0.5, 0.6) is 28.7 Å². The van der Waals surface area contributed by atoms with Crippen molar-refractivity contribution in [1.82, 2.24) is 9.78 Å². The van der Waals surface area contributed by atoms with Gasteiger partial charge in [-0.2, -0.15) is 5.10 Å². The molecule has 2 aliphatic rings. The van der Waals surface area contributed by atoms with Crippen molar-refractivity contribution < 1.29 is 33.3 Å². The Morgan fingerprint density at radius 1 is 0.707 bits per heavy atom. The van der Waals surface area contributed by atoms with E-state index in [1.54, 1.807) is 26.2 Å². The normalized spacial score (nSPS) is 13.2. The average molecular weight is 557 g/mol. The first-order valence-electron chi connectivity index (χ1n) is 13.0. The number of ketones is 2. The molecule has 41 heavy (non-hydrogen) atoms. The number of fused-ring (bicyclic) bond motifs is 6. The van der Waals surface area contributed by atoms with E-state index in [0.717, 1.165) is 5.56 Å². The SMILES string of the molecule is COc1cc2c(c(OC)c1C)C(=O)c1c(OC)c3c(c(OC)c1C2=O)-c1c(cc2cnn(C)c(=O)c2c1OC)CC3. The lowest BCUT2D eigenvalue weighted by atomic mass is 9.75. The van der Waals surface area contributed by atoms with Crippen LogP contribution in [-0.4, -0.2) is 56.9 Å². The second kappa shape index (κ2) is 9.36. The molecule has 0 unspecified atom stereocenters. The Balaban J connectivity index is 1.77. The molecule has 0 atom stereocenters. The fourth-order valence-electron chi connectivity index (χ4n) is 6.34. The molecule has 3 aromatic carbocycles. The molecule has 0 aliphatic heterocycles. The van der Waals surface area contributed by atoms with Crippen LogP contribution in [0.3, 0.4) is 0 Å². The van der Waals surface area contributed by atoms with Gasteiger partial charge in [0.2, 0.25) is 5.78 Å². The first-order chi connectivity index (χ1) is 19.7. The minimum atomic E-state index is -0.434. The smallest absolute Gasteiger partial charge is 0.278 e. The van der Waals surface area contributed by atoms with Gasteiger partial charge < -0.3 is 23.7 Å². The number of methoxy groups -OCH3 is 5. The molecule has 6 rings (SSSR count). The van der Waals surface area contributed by atoms with E-state index in [1.165, 1.54) is 40.2 Å². The fraction of sp³-hybridized carbons (Fsp3) is 0.290. The Morgan fingerprint density at radius 3 is 2.00 bits per heavy atom. The fourth-order valence-corrected chi connectivity index (χ4v) is 6.34. The Kier molecular flexibility index (Phi) is 6.02. The number of rotatable bonds is 5. The van der Waals surface area contributed by atoms with Crippen LogP contribution in [0.1, 0.15) is 48.5 Å². The number of ether oxygens (including phenoxy) is 5. The lowest BCUT2D eigenvalue weighted by Gasteiger charge is -2.31. The summed E-state index contributed by atoms with van der Waals surface area (Å²) in [6, 6.07) is 3.47. The summed E-state index contributed by atoms with van der Waals surface area (Å²) in [6.07, 6.45) is 2.69. The predicted molar refractivity (Wildman–Crippen MR) is 151 cm³/mol. The number of carbonyl (C=O) groups excluding carboxylic acids is 2. The highest BCUT2D eigenvalue weighted by Crippen LogP contribution is 2.55. The Labute approximate surface area is 235 Å². The number of hydrogen-bond acceptors (Lipinski definition) is 9. The van der Waals surface area contributed by atoms with Gasteiger partial charge in [0.15, 0.2) is 5.78 Å². The molecule has 10 heteroatoms. The van der Waals surface area contributed by atoms with E-state index in [4.69, 9.17) is 23.7 Å². The van der Waals surface area contributed by atoms with Crippen LogP contribution in [0.4, 0.5) is 0 Å². The van der Waals surface area contributed by atoms with Crippen LogP contribution in [0.15, 0.2) is 23.1 Å². The molecular weight excluding hydrogens is 528 g/mol. The number of benzene rings is 3. The van der Waals surface area contributed by atoms with Crippen molar-refractivity contribution in [3.63, 3.8) is 0 Å². The molecule has 0 spiro atoms. The summed E-state index contributed by atoms with van der Waals surface area (Å²) in [5, 5.41) is 5.17. The lowest BCUT2D eigenvalue weighted by molar-refractivity contribution is 0.0970. The minimum absolute atomic E-state index is 0.0752. The second-order valence-electron chi connectivity index (χ2n) is 9.97. The van der Waals surface area contributed by atoms with Gasteiger partial charge in [-0.05, 0) is 37.5 Å². The van der Waals surface area contributed by atoms with Crippen LogP contribution in [0.2, 0.25) is 0 Å². The van der Waals surface area contributed by atoms with Crippen molar-refractivity contribution in [2.75, 3.05) is 35.5 Å². The van der Waals surface area contributed by atoms with Crippen LogP contribution >= 0.6 is 0 Å². The molecule has 2 aliphatic carbocycles. The number of carbonyl (C=O) groups is 2. The van der Waals surface area contributed by atoms with E-state index < -0.39 is 11.6 Å².